The van der Waals surface area contributed by atoms with Crippen LogP contribution >= 0.6 is 11.8 Å². The monoisotopic (exact) mass is 427 g/mol. The molecule has 0 spiro atoms. The Hall–Kier alpha value is -2.71. The van der Waals surface area contributed by atoms with Crippen LogP contribution in [0.15, 0.2) is 69.5 Å². The van der Waals surface area contributed by atoms with Crippen molar-refractivity contribution in [1.29, 1.82) is 0 Å². The molecule has 0 aliphatic rings. The van der Waals surface area contributed by atoms with Crippen LogP contribution in [-0.2, 0) is 9.84 Å². The zero-order valence-electron chi connectivity index (χ0n) is 16.3. The van der Waals surface area contributed by atoms with Gasteiger partial charge < -0.3 is 5.32 Å². The zero-order chi connectivity index (χ0) is 21.0. The molecule has 0 atom stereocenters. The normalized spacial score (nSPS) is 11.3. The Morgan fingerprint density at radius 1 is 1.00 bits per heavy atom. The van der Waals surface area contributed by atoms with Gasteiger partial charge in [0.1, 0.15) is 0 Å². The summed E-state index contributed by atoms with van der Waals surface area (Å²) in [7, 11) is -3.49. The Balaban J connectivity index is 1.76. The molecule has 3 rings (SSSR count). The van der Waals surface area contributed by atoms with Crippen molar-refractivity contribution in [2.45, 2.75) is 35.7 Å². The fraction of sp³-hybridized carbons (Fsp3) is 0.190. The largest absolute Gasteiger partial charge is 0.322 e. The molecule has 0 saturated carbocycles. The number of aryl methyl sites for hydroxylation is 2. The SMILES string of the molecule is CCS(=O)(=O)c1ccccc1C(=O)Nc1ccc(Sc2nc(C)cc(C)n2)cc1. The Kier molecular flexibility index (Phi) is 6.34. The first-order valence-corrected chi connectivity index (χ1v) is 11.5. The maximum atomic E-state index is 12.6. The fourth-order valence-electron chi connectivity index (χ4n) is 2.73. The third kappa shape index (κ3) is 5.21. The minimum Gasteiger partial charge on any atom is -0.322 e. The number of hydrogen-bond donors (Lipinski definition) is 1. The van der Waals surface area contributed by atoms with Crippen LogP contribution in [0.4, 0.5) is 5.69 Å². The predicted molar refractivity (Wildman–Crippen MR) is 114 cm³/mol. The average Bonchev–Trinajstić information content (AvgIpc) is 2.68. The van der Waals surface area contributed by atoms with Gasteiger partial charge in [-0.15, -0.1) is 0 Å². The van der Waals surface area contributed by atoms with Gasteiger partial charge >= 0.3 is 0 Å². The van der Waals surface area contributed by atoms with Gasteiger partial charge in [0, 0.05) is 22.0 Å². The minimum atomic E-state index is -3.49. The molecule has 2 aromatic carbocycles. The molecule has 0 bridgehead atoms. The highest BCUT2D eigenvalue weighted by molar-refractivity contribution is 7.99. The van der Waals surface area contributed by atoms with Crippen LogP contribution in [0.3, 0.4) is 0 Å². The first-order valence-electron chi connectivity index (χ1n) is 9.02. The maximum absolute atomic E-state index is 12.6. The highest BCUT2D eigenvalue weighted by Gasteiger charge is 2.20. The van der Waals surface area contributed by atoms with Crippen molar-refractivity contribution >= 4 is 33.2 Å². The molecule has 29 heavy (non-hydrogen) atoms. The number of nitrogens with one attached hydrogen (secondary N) is 1. The van der Waals surface area contributed by atoms with Crippen LogP contribution in [-0.4, -0.2) is 30.0 Å². The van der Waals surface area contributed by atoms with E-state index in [0.29, 0.717) is 10.8 Å². The molecule has 3 aromatic rings. The first-order chi connectivity index (χ1) is 13.8. The van der Waals surface area contributed by atoms with Crippen LogP contribution in [0.25, 0.3) is 0 Å². The van der Waals surface area contributed by atoms with Gasteiger partial charge in [-0.2, -0.15) is 0 Å². The second kappa shape index (κ2) is 8.75. The standard InChI is InChI=1S/C21H21N3O3S2/c1-4-29(26,27)19-8-6-5-7-18(19)20(25)24-16-9-11-17(12-10-16)28-21-22-14(2)13-15(3)23-21/h5-13H,4H2,1-3H3,(H,24,25). The summed E-state index contributed by atoms with van der Waals surface area (Å²) in [6.07, 6.45) is 0. The third-order valence-corrected chi connectivity index (χ3v) is 6.79. The summed E-state index contributed by atoms with van der Waals surface area (Å²) in [5, 5.41) is 3.43. The lowest BCUT2D eigenvalue weighted by atomic mass is 10.2. The van der Waals surface area contributed by atoms with E-state index in [0.717, 1.165) is 16.3 Å². The molecular weight excluding hydrogens is 406 g/mol. The van der Waals surface area contributed by atoms with Gasteiger partial charge in [0.25, 0.3) is 5.91 Å². The fourth-order valence-corrected chi connectivity index (χ4v) is 4.69. The van der Waals surface area contributed by atoms with Crippen molar-refractivity contribution in [3.05, 3.63) is 71.5 Å². The number of carbonyl (C=O) groups is 1. The summed E-state index contributed by atoms with van der Waals surface area (Å²) in [4.78, 5) is 22.4. The number of amides is 1. The Bertz CT molecular complexity index is 1120. The molecular formula is C21H21N3O3S2. The van der Waals surface area contributed by atoms with Crippen LogP contribution in [0.1, 0.15) is 28.7 Å². The van der Waals surface area contributed by atoms with Crippen molar-refractivity contribution in [3.8, 4) is 0 Å². The van der Waals surface area contributed by atoms with Crippen LogP contribution in [0, 0.1) is 13.8 Å². The van der Waals surface area contributed by atoms with Gasteiger partial charge in [0.2, 0.25) is 0 Å². The number of anilines is 1. The molecule has 0 fully saturated rings. The van der Waals surface area contributed by atoms with Gasteiger partial charge in [-0.05, 0) is 68.1 Å². The van der Waals surface area contributed by atoms with Crippen molar-refractivity contribution < 1.29 is 13.2 Å². The number of carbonyl (C=O) groups excluding carboxylic acids is 1. The van der Waals surface area contributed by atoms with Crippen LogP contribution in [0.5, 0.6) is 0 Å². The van der Waals surface area contributed by atoms with Crippen molar-refractivity contribution in [2.24, 2.45) is 0 Å². The third-order valence-electron chi connectivity index (χ3n) is 4.13. The van der Waals surface area contributed by atoms with Crippen LogP contribution < -0.4 is 5.32 Å². The van der Waals surface area contributed by atoms with E-state index in [2.05, 4.69) is 15.3 Å². The number of nitrogens with zero attached hydrogens (tertiary/aromatic N) is 2. The van der Waals surface area contributed by atoms with E-state index in [1.54, 1.807) is 31.2 Å². The predicted octanol–water partition coefficient (Wildman–Crippen LogP) is 4.29. The van der Waals surface area contributed by atoms with Crippen LogP contribution in [0.2, 0.25) is 0 Å². The van der Waals surface area contributed by atoms with E-state index in [9.17, 15) is 13.2 Å². The van der Waals surface area contributed by atoms with Crippen molar-refractivity contribution in [3.63, 3.8) is 0 Å². The number of rotatable bonds is 6. The Labute approximate surface area is 174 Å². The summed E-state index contributed by atoms with van der Waals surface area (Å²) in [6.45, 7) is 5.40. The first kappa shape index (κ1) is 21.0. The molecule has 0 radical (unpaired) electrons. The average molecular weight is 428 g/mol. The number of hydrogen-bond acceptors (Lipinski definition) is 6. The van der Waals surface area contributed by atoms with E-state index in [4.69, 9.17) is 0 Å². The summed E-state index contributed by atoms with van der Waals surface area (Å²) < 4.78 is 24.5. The summed E-state index contributed by atoms with van der Waals surface area (Å²) >= 11 is 1.43. The van der Waals surface area contributed by atoms with E-state index in [1.165, 1.54) is 23.9 Å². The number of benzene rings is 2. The summed E-state index contributed by atoms with van der Waals surface area (Å²) in [6, 6.07) is 15.4. The summed E-state index contributed by atoms with van der Waals surface area (Å²) in [5.74, 6) is -0.528. The van der Waals surface area contributed by atoms with Gasteiger partial charge in [-0.3, -0.25) is 4.79 Å². The van der Waals surface area contributed by atoms with E-state index < -0.39 is 15.7 Å². The second-order valence-corrected chi connectivity index (χ2v) is 9.70. The smallest absolute Gasteiger partial charge is 0.256 e. The maximum Gasteiger partial charge on any atom is 0.256 e. The van der Waals surface area contributed by atoms with Gasteiger partial charge in [-0.25, -0.2) is 18.4 Å². The van der Waals surface area contributed by atoms with Crippen molar-refractivity contribution in [1.82, 2.24) is 9.97 Å². The van der Waals surface area contributed by atoms with Gasteiger partial charge in [0.15, 0.2) is 15.0 Å². The molecule has 0 aliphatic carbocycles. The molecule has 1 heterocycles. The number of aromatic nitrogens is 2. The lowest BCUT2D eigenvalue weighted by molar-refractivity contribution is 0.102. The second-order valence-electron chi connectivity index (χ2n) is 6.41. The van der Waals surface area contributed by atoms with E-state index in [-0.39, 0.29) is 16.2 Å². The zero-order valence-corrected chi connectivity index (χ0v) is 18.0. The molecule has 0 unspecified atom stereocenters. The molecule has 0 aliphatic heterocycles. The molecule has 8 heteroatoms. The van der Waals surface area contributed by atoms with E-state index in [1.807, 2.05) is 32.0 Å². The van der Waals surface area contributed by atoms with Gasteiger partial charge in [-0.1, -0.05) is 19.1 Å². The summed E-state index contributed by atoms with van der Waals surface area (Å²) in [5.41, 5.74) is 2.52. The number of sulfone groups is 1. The quantitative estimate of drug-likeness (QED) is 0.590. The van der Waals surface area contributed by atoms with Crippen molar-refractivity contribution in [2.75, 3.05) is 11.1 Å². The lowest BCUT2D eigenvalue weighted by Crippen LogP contribution is -2.17. The lowest BCUT2D eigenvalue weighted by Gasteiger charge is -2.10. The topological polar surface area (TPSA) is 89.0 Å². The molecule has 1 amide bonds. The van der Waals surface area contributed by atoms with Gasteiger partial charge in [0.05, 0.1) is 16.2 Å². The van der Waals surface area contributed by atoms with E-state index >= 15 is 0 Å². The Morgan fingerprint density at radius 3 is 2.24 bits per heavy atom. The minimum absolute atomic E-state index is 0.0409. The Morgan fingerprint density at radius 2 is 1.62 bits per heavy atom. The highest BCUT2D eigenvalue weighted by atomic mass is 32.2. The molecule has 0 saturated heterocycles. The highest BCUT2D eigenvalue weighted by Crippen LogP contribution is 2.26. The molecule has 1 aromatic heterocycles. The molecule has 150 valence electrons. The molecule has 1 N–H and O–H groups in total. The molecule has 6 nitrogen and oxygen atoms in total.